The molecule has 3 aliphatic rings. The van der Waals surface area contributed by atoms with E-state index in [1.54, 1.807) is 0 Å². The standard InChI is InChI=1S/C62H54N4P3/c1-7-28-55(29-8-1)67(56-30-9-2-10-31-56)63-46-61(47-64-68(57-32-11-3-12-33-57)58-34-13-4-14-35-58,48-65-69(59-36-15-5-16-37-59)60-38-17-6-18-39-60)62-52-25-19-22-49(40-52)43-66(44-50-23-20-26-53(62)41-50)45-51-24-21-27-54(62)42-51/h1-42H,43-48H2/q+3. The zero-order valence-corrected chi connectivity index (χ0v) is 41.3. The van der Waals surface area contributed by atoms with E-state index >= 15 is 0 Å². The molecule has 0 spiro atoms. The molecule has 9 aromatic carbocycles. The van der Waals surface area contributed by atoms with Crippen LogP contribution in [0.5, 0.6) is 0 Å². The molecule has 12 rings (SSSR count). The number of benzene rings is 9. The summed E-state index contributed by atoms with van der Waals surface area (Å²) in [5.41, 5.74) is 6.21. The van der Waals surface area contributed by atoms with Gasteiger partial charge in [0.15, 0.2) is 31.8 Å². The normalized spacial score (nSPS) is 15.7. The largest absolute Gasteiger partial charge is 0.291 e. The molecule has 0 unspecified atom stereocenters. The second-order valence-electron chi connectivity index (χ2n) is 18.1. The van der Waals surface area contributed by atoms with E-state index in [1.807, 2.05) is 0 Å². The molecule has 0 radical (unpaired) electrons. The van der Waals surface area contributed by atoms with Crippen molar-refractivity contribution in [1.82, 2.24) is 4.90 Å². The topological polar surface area (TPSA) is 40.3 Å². The summed E-state index contributed by atoms with van der Waals surface area (Å²) < 4.78 is 18.6. The summed E-state index contributed by atoms with van der Waals surface area (Å²) >= 11 is 0. The maximum absolute atomic E-state index is 6.19. The lowest BCUT2D eigenvalue weighted by molar-refractivity contribution is 0.210. The molecule has 0 aliphatic carbocycles. The number of rotatable bonds is 13. The average molecular weight is 948 g/mol. The molecular weight excluding hydrogens is 894 g/mol. The Morgan fingerprint density at radius 1 is 0.319 bits per heavy atom. The van der Waals surface area contributed by atoms with Gasteiger partial charge in [0.2, 0.25) is 0 Å². The molecule has 4 nitrogen and oxygen atoms in total. The minimum Gasteiger partial charge on any atom is -0.291 e. The minimum atomic E-state index is -1.15. The second-order valence-corrected chi connectivity index (χ2v) is 23.9. The third kappa shape index (κ3) is 9.27. The van der Waals surface area contributed by atoms with Crippen LogP contribution in [0, 0.1) is 5.41 Å². The molecule has 0 saturated heterocycles. The van der Waals surface area contributed by atoms with Gasteiger partial charge in [-0.3, -0.25) is 4.90 Å². The molecule has 334 valence electrons. The maximum atomic E-state index is 6.19. The fourth-order valence-corrected chi connectivity index (χ4v) is 16.4. The van der Waals surface area contributed by atoms with Crippen LogP contribution in [-0.4, -0.2) is 24.5 Å². The fourth-order valence-electron chi connectivity index (χ4n) is 10.5. The summed E-state index contributed by atoms with van der Waals surface area (Å²) in [6.45, 7) is 4.04. The van der Waals surface area contributed by atoms with Crippen LogP contribution in [0.2, 0.25) is 0 Å². The lowest BCUT2D eigenvalue weighted by atomic mass is 9.53. The van der Waals surface area contributed by atoms with Crippen molar-refractivity contribution >= 4 is 55.0 Å². The van der Waals surface area contributed by atoms with Gasteiger partial charge in [-0.25, -0.2) is 0 Å². The average Bonchev–Trinajstić information content (AvgIpc) is 3.41. The molecular formula is C62H54N4P3+3. The van der Waals surface area contributed by atoms with Crippen molar-refractivity contribution in [3.05, 3.63) is 288 Å². The van der Waals surface area contributed by atoms with E-state index in [9.17, 15) is 0 Å². The van der Waals surface area contributed by atoms with Crippen LogP contribution in [-0.2, 0) is 25.0 Å². The van der Waals surface area contributed by atoms with Gasteiger partial charge in [-0.2, -0.15) is 0 Å². The number of hydrogen-bond acceptors (Lipinski definition) is 4. The summed E-state index contributed by atoms with van der Waals surface area (Å²) in [4.78, 5) is 2.59. The highest BCUT2D eigenvalue weighted by Crippen LogP contribution is 2.56. The summed E-state index contributed by atoms with van der Waals surface area (Å²) in [6, 6.07) is 94.4. The molecule has 0 atom stereocenters. The second kappa shape index (κ2) is 20.5. The van der Waals surface area contributed by atoms with Gasteiger partial charge in [0, 0.05) is 19.6 Å². The first kappa shape index (κ1) is 44.7. The smallest absolute Gasteiger partial charge is 0.276 e. The van der Waals surface area contributed by atoms with Crippen LogP contribution in [0.1, 0.15) is 33.4 Å². The van der Waals surface area contributed by atoms with Crippen LogP contribution in [0.3, 0.4) is 0 Å². The number of hydrogen-bond donors (Lipinski definition) is 0. The fraction of sp³-hybridized carbons (Fsp3) is 0.129. The van der Waals surface area contributed by atoms with Crippen LogP contribution in [0.25, 0.3) is 0 Å². The highest BCUT2D eigenvalue weighted by Gasteiger charge is 2.58. The van der Waals surface area contributed by atoms with Crippen molar-refractivity contribution in [2.75, 3.05) is 19.6 Å². The highest BCUT2D eigenvalue weighted by atomic mass is 31.1. The number of nitrogens with zero attached hydrogens (tertiary/aromatic N) is 4. The van der Waals surface area contributed by atoms with E-state index in [1.165, 1.54) is 65.2 Å². The van der Waals surface area contributed by atoms with Gasteiger partial charge in [0.05, 0.1) is 30.5 Å². The minimum absolute atomic E-state index is 0.500. The Labute approximate surface area is 410 Å². The van der Waals surface area contributed by atoms with E-state index in [-0.39, 0.29) is 0 Å². The van der Waals surface area contributed by atoms with Crippen LogP contribution in [0.4, 0.5) is 0 Å². The highest BCUT2D eigenvalue weighted by molar-refractivity contribution is 7.64. The first-order valence-corrected chi connectivity index (χ1v) is 27.8. The Morgan fingerprint density at radius 2 is 0.565 bits per heavy atom. The molecule has 3 heterocycles. The summed E-state index contributed by atoms with van der Waals surface area (Å²) in [6.07, 6.45) is 0. The monoisotopic (exact) mass is 947 g/mol. The predicted molar refractivity (Wildman–Crippen MR) is 294 cm³/mol. The van der Waals surface area contributed by atoms with E-state index in [4.69, 9.17) is 14.2 Å². The third-order valence-corrected chi connectivity index (χ3v) is 19.6. The van der Waals surface area contributed by atoms with Crippen molar-refractivity contribution in [3.8, 4) is 0 Å². The van der Waals surface area contributed by atoms with Crippen molar-refractivity contribution in [2.45, 2.75) is 25.0 Å². The summed E-state index contributed by atoms with van der Waals surface area (Å²) in [5.74, 6) is 0. The van der Waals surface area contributed by atoms with Gasteiger partial charge in [-0.1, -0.05) is 196 Å². The third-order valence-electron chi connectivity index (χ3n) is 13.6. The van der Waals surface area contributed by atoms with Gasteiger partial charge >= 0.3 is 0 Å². The Bertz CT molecular complexity index is 2800. The predicted octanol–water partition coefficient (Wildman–Crippen LogP) is 12.8. The molecule has 9 aromatic rings. The van der Waals surface area contributed by atoms with Crippen LogP contribution in [0.15, 0.2) is 269 Å². The van der Waals surface area contributed by atoms with Gasteiger partial charge in [-0.15, -0.1) is 0 Å². The summed E-state index contributed by atoms with van der Waals surface area (Å²) in [7, 11) is -3.46. The van der Waals surface area contributed by atoms with Crippen LogP contribution >= 0.6 is 23.1 Å². The Balaban J connectivity index is 1.29. The van der Waals surface area contributed by atoms with Gasteiger partial charge in [-0.05, 0) is 106 Å². The molecule has 69 heavy (non-hydrogen) atoms. The van der Waals surface area contributed by atoms with Gasteiger partial charge < -0.3 is 0 Å². The molecule has 0 N–H and O–H groups in total. The van der Waals surface area contributed by atoms with E-state index in [0.29, 0.717) is 19.6 Å². The van der Waals surface area contributed by atoms with Crippen LogP contribution < -0.4 is 31.8 Å². The first-order valence-electron chi connectivity index (χ1n) is 23.9. The molecule has 0 aromatic heterocycles. The molecule has 0 fully saturated rings. The van der Waals surface area contributed by atoms with Gasteiger partial charge in [0.1, 0.15) is 0 Å². The molecule has 7 heteroatoms. The summed E-state index contributed by atoms with van der Waals surface area (Å²) in [5, 5.41) is 7.38. The lowest BCUT2D eigenvalue weighted by Gasteiger charge is -2.50. The van der Waals surface area contributed by atoms with Crippen molar-refractivity contribution in [3.63, 3.8) is 0 Å². The zero-order chi connectivity index (χ0) is 46.3. The Morgan fingerprint density at radius 3 is 0.812 bits per heavy atom. The quantitative estimate of drug-likeness (QED) is 0.106. The first-order chi connectivity index (χ1) is 34.1. The van der Waals surface area contributed by atoms with Crippen molar-refractivity contribution in [2.24, 2.45) is 19.6 Å². The Hall–Kier alpha value is -6.76. The Kier molecular flexibility index (Phi) is 13.3. The maximum Gasteiger partial charge on any atom is 0.276 e. The zero-order valence-electron chi connectivity index (χ0n) is 38.6. The molecule has 3 aliphatic heterocycles. The molecule has 8 bridgehead atoms. The van der Waals surface area contributed by atoms with Crippen molar-refractivity contribution < 1.29 is 0 Å². The molecule has 0 amide bonds. The van der Waals surface area contributed by atoms with E-state index in [0.717, 1.165) is 19.6 Å². The van der Waals surface area contributed by atoms with Crippen molar-refractivity contribution in [1.29, 1.82) is 0 Å². The lowest BCUT2D eigenvalue weighted by Crippen LogP contribution is -2.54. The van der Waals surface area contributed by atoms with E-state index < -0.39 is 34.0 Å². The van der Waals surface area contributed by atoms with Gasteiger partial charge in [0.25, 0.3) is 23.1 Å². The molecule has 0 saturated carbocycles. The SMILES string of the molecule is c1ccc([P+](=NCC(CN=[P+](c2ccccc2)c2ccccc2)(CN=[P+](c2ccccc2)c2ccccc2)C23c4cccc(c4)CN(Cc4cccc2c4)Cc2cccc3c2)c2ccccc2)cc1. The van der Waals surface area contributed by atoms with E-state index in [2.05, 4.69) is 260 Å².